The van der Waals surface area contributed by atoms with Crippen LogP contribution in [0, 0.1) is 23.2 Å². The van der Waals surface area contributed by atoms with Crippen LogP contribution in [-0.2, 0) is 9.16 Å². The van der Waals surface area contributed by atoms with Crippen LogP contribution in [-0.4, -0.2) is 41.8 Å². The molecule has 1 aliphatic rings. The van der Waals surface area contributed by atoms with Crippen molar-refractivity contribution < 1.29 is 14.3 Å². The van der Waals surface area contributed by atoms with E-state index in [0.29, 0.717) is 17.0 Å². The van der Waals surface area contributed by atoms with E-state index < -0.39 is 38.4 Å². The summed E-state index contributed by atoms with van der Waals surface area (Å²) in [6.45, 7) is 12.8. The van der Waals surface area contributed by atoms with E-state index in [9.17, 15) is 15.2 Å². The van der Waals surface area contributed by atoms with E-state index in [-0.39, 0.29) is 12.4 Å². The summed E-state index contributed by atoms with van der Waals surface area (Å²) >= 11 is 0. The fourth-order valence-corrected chi connectivity index (χ4v) is 9.35. The number of nitrogens with two attached hydrogens (primary N) is 1. The Labute approximate surface area is 180 Å². The SMILES string of the molecule is CC(C)CC[Si](O[C@H]1[C@H](C#N)[C@H](n2ccc(N)nc2=O)O[C@@H]1CO)(C(C)C)C(C)C. The second-order valence-corrected chi connectivity index (χ2v) is 14.2. The molecule has 30 heavy (non-hydrogen) atoms. The molecule has 8 nitrogen and oxygen atoms in total. The lowest BCUT2D eigenvalue weighted by molar-refractivity contribution is -0.0454. The lowest BCUT2D eigenvalue weighted by Gasteiger charge is -2.42. The molecule has 9 heteroatoms. The van der Waals surface area contributed by atoms with Crippen LogP contribution in [0.2, 0.25) is 17.1 Å². The summed E-state index contributed by atoms with van der Waals surface area (Å²) < 4.78 is 14.1. The van der Waals surface area contributed by atoms with Crippen LogP contribution < -0.4 is 11.4 Å². The molecular formula is C21H36N4O4Si. The standard InChI is InChI=1S/C21H36N4O4Si/c1-13(2)8-10-30(14(3)4,15(5)6)29-19-16(11-22)20(28-17(19)12-26)25-9-7-18(23)24-21(25)27/h7,9,13-17,19-20,26H,8,10,12H2,1-6H3,(H2,23,24,27)/t16-,17+,19-,20+/m0/s1. The number of hydrogen-bond donors (Lipinski definition) is 2. The van der Waals surface area contributed by atoms with E-state index >= 15 is 0 Å². The topological polar surface area (TPSA) is 123 Å². The molecule has 0 unspecified atom stereocenters. The van der Waals surface area contributed by atoms with Gasteiger partial charge < -0.3 is 20.0 Å². The molecule has 0 amide bonds. The third-order valence-corrected chi connectivity index (χ3v) is 11.9. The number of nitrogens with zero attached hydrogens (tertiary/aromatic N) is 3. The first kappa shape index (κ1) is 24.5. The summed E-state index contributed by atoms with van der Waals surface area (Å²) in [6.07, 6.45) is 0.340. The summed E-state index contributed by atoms with van der Waals surface area (Å²) in [4.78, 5) is 16.1. The van der Waals surface area contributed by atoms with Gasteiger partial charge in [-0.25, -0.2) is 4.79 Å². The molecular weight excluding hydrogens is 400 g/mol. The van der Waals surface area contributed by atoms with Crippen LogP contribution in [0.5, 0.6) is 0 Å². The molecule has 2 rings (SSSR count). The van der Waals surface area contributed by atoms with Gasteiger partial charge in [0, 0.05) is 6.20 Å². The fourth-order valence-electron chi connectivity index (χ4n) is 4.37. The average Bonchev–Trinajstić information content (AvgIpc) is 3.01. The number of aliphatic hydroxyl groups is 1. The molecule has 3 N–H and O–H groups in total. The summed E-state index contributed by atoms with van der Waals surface area (Å²) in [5.41, 5.74) is 5.66. The van der Waals surface area contributed by atoms with Gasteiger partial charge in [0.2, 0.25) is 0 Å². The predicted octanol–water partition coefficient (Wildman–Crippen LogP) is 3.05. The molecule has 0 aromatic carbocycles. The highest BCUT2D eigenvalue weighted by Gasteiger charge is 2.52. The van der Waals surface area contributed by atoms with E-state index in [1.54, 1.807) is 0 Å². The zero-order chi connectivity index (χ0) is 22.6. The van der Waals surface area contributed by atoms with E-state index in [1.165, 1.54) is 16.8 Å². The Bertz CT molecular complexity index is 797. The maximum atomic E-state index is 12.4. The molecule has 0 bridgehead atoms. The fraction of sp³-hybridized carbons (Fsp3) is 0.762. The van der Waals surface area contributed by atoms with Crippen molar-refractivity contribution in [1.82, 2.24) is 9.55 Å². The van der Waals surface area contributed by atoms with Crippen molar-refractivity contribution in [3.8, 4) is 6.07 Å². The van der Waals surface area contributed by atoms with Gasteiger partial charge in [-0.15, -0.1) is 0 Å². The first-order chi connectivity index (χ1) is 14.1. The molecule has 0 aliphatic carbocycles. The van der Waals surface area contributed by atoms with Crippen molar-refractivity contribution in [2.45, 2.75) is 83.5 Å². The van der Waals surface area contributed by atoms with Gasteiger partial charge in [-0.1, -0.05) is 48.0 Å². The van der Waals surface area contributed by atoms with Crippen molar-refractivity contribution in [1.29, 1.82) is 5.26 Å². The highest BCUT2D eigenvalue weighted by Crippen LogP contribution is 2.44. The number of anilines is 1. The summed E-state index contributed by atoms with van der Waals surface area (Å²) in [5, 5.41) is 20.0. The molecule has 168 valence electrons. The molecule has 1 fully saturated rings. The van der Waals surface area contributed by atoms with Crippen molar-refractivity contribution in [3.05, 3.63) is 22.7 Å². The Kier molecular flexibility index (Phi) is 8.22. The van der Waals surface area contributed by atoms with Crippen molar-refractivity contribution in [2.24, 2.45) is 11.8 Å². The second-order valence-electron chi connectivity index (χ2n) is 9.22. The molecule has 2 heterocycles. The van der Waals surface area contributed by atoms with Gasteiger partial charge in [0.15, 0.2) is 14.5 Å². The van der Waals surface area contributed by atoms with Crippen molar-refractivity contribution >= 4 is 14.1 Å². The van der Waals surface area contributed by atoms with Crippen molar-refractivity contribution in [2.75, 3.05) is 12.3 Å². The van der Waals surface area contributed by atoms with Gasteiger partial charge in [-0.3, -0.25) is 4.57 Å². The highest BCUT2D eigenvalue weighted by molar-refractivity contribution is 6.76. The van der Waals surface area contributed by atoms with Gasteiger partial charge in [-0.2, -0.15) is 10.2 Å². The minimum absolute atomic E-state index is 0.106. The zero-order valence-electron chi connectivity index (χ0n) is 18.9. The predicted molar refractivity (Wildman–Crippen MR) is 118 cm³/mol. The second kappa shape index (κ2) is 10.0. The van der Waals surface area contributed by atoms with E-state index in [2.05, 4.69) is 52.6 Å². The van der Waals surface area contributed by atoms with E-state index in [0.717, 1.165) is 12.5 Å². The van der Waals surface area contributed by atoms with Gasteiger partial charge in [0.1, 0.15) is 17.8 Å². The Balaban J connectivity index is 2.43. The number of rotatable bonds is 9. The molecule has 0 spiro atoms. The zero-order valence-corrected chi connectivity index (χ0v) is 19.9. The number of nitrogen functional groups attached to an aromatic ring is 1. The van der Waals surface area contributed by atoms with Crippen LogP contribution in [0.25, 0.3) is 0 Å². The highest BCUT2D eigenvalue weighted by atomic mass is 28.4. The molecule has 1 aromatic heterocycles. The van der Waals surface area contributed by atoms with Crippen LogP contribution in [0.4, 0.5) is 5.82 Å². The number of aliphatic hydroxyl groups excluding tert-OH is 1. The molecule has 1 aliphatic heterocycles. The molecule has 0 radical (unpaired) electrons. The third kappa shape index (κ3) is 4.94. The minimum Gasteiger partial charge on any atom is -0.409 e. The van der Waals surface area contributed by atoms with Crippen LogP contribution >= 0.6 is 0 Å². The Morgan fingerprint density at radius 1 is 1.33 bits per heavy atom. The number of ether oxygens (including phenoxy) is 1. The summed E-state index contributed by atoms with van der Waals surface area (Å²) in [6, 6.07) is 4.74. The van der Waals surface area contributed by atoms with Gasteiger partial charge in [0.05, 0.1) is 18.8 Å². The maximum Gasteiger partial charge on any atom is 0.351 e. The molecule has 0 saturated carbocycles. The normalized spacial score (nSPS) is 24.7. The number of aromatic nitrogens is 2. The monoisotopic (exact) mass is 436 g/mol. The summed E-state index contributed by atoms with van der Waals surface area (Å²) in [7, 11) is -2.31. The average molecular weight is 437 g/mol. The first-order valence-electron chi connectivity index (χ1n) is 10.8. The smallest absolute Gasteiger partial charge is 0.351 e. The Morgan fingerprint density at radius 3 is 2.43 bits per heavy atom. The molecule has 1 aromatic rings. The minimum atomic E-state index is -2.31. The van der Waals surface area contributed by atoms with Crippen LogP contribution in [0.3, 0.4) is 0 Å². The number of hydrogen-bond acceptors (Lipinski definition) is 7. The third-order valence-electron chi connectivity index (χ3n) is 6.22. The number of nitriles is 1. The quantitative estimate of drug-likeness (QED) is 0.570. The van der Waals surface area contributed by atoms with E-state index in [1.807, 2.05) is 0 Å². The van der Waals surface area contributed by atoms with E-state index in [4.69, 9.17) is 14.9 Å². The lowest BCUT2D eigenvalue weighted by atomic mass is 10.0. The van der Waals surface area contributed by atoms with Gasteiger partial charge >= 0.3 is 5.69 Å². The largest absolute Gasteiger partial charge is 0.409 e. The van der Waals surface area contributed by atoms with Crippen molar-refractivity contribution in [3.63, 3.8) is 0 Å². The van der Waals surface area contributed by atoms with Gasteiger partial charge in [0.25, 0.3) is 0 Å². The lowest BCUT2D eigenvalue weighted by Crippen LogP contribution is -2.51. The maximum absolute atomic E-state index is 12.4. The molecule has 1 saturated heterocycles. The summed E-state index contributed by atoms with van der Waals surface area (Å²) in [5.74, 6) is -0.0897. The van der Waals surface area contributed by atoms with Crippen LogP contribution in [0.15, 0.2) is 17.1 Å². The molecule has 4 atom stereocenters. The first-order valence-corrected chi connectivity index (χ1v) is 13.0. The Morgan fingerprint density at radius 2 is 1.97 bits per heavy atom. The Hall–Kier alpha value is -1.73. The van der Waals surface area contributed by atoms with Crippen LogP contribution in [0.1, 0.15) is 54.2 Å². The van der Waals surface area contributed by atoms with Gasteiger partial charge in [-0.05, 0) is 29.1 Å².